The van der Waals surface area contributed by atoms with Crippen LogP contribution < -0.4 is 9.64 Å². The number of aliphatic hydroxyl groups is 1. The Kier molecular flexibility index (Phi) is 5.71. The number of fused-ring (bicyclic) bond motifs is 1. The van der Waals surface area contributed by atoms with Gasteiger partial charge in [0.25, 0.3) is 0 Å². The predicted octanol–water partition coefficient (Wildman–Crippen LogP) is 0.584. The van der Waals surface area contributed by atoms with Crippen LogP contribution in [0.4, 0.5) is 5.69 Å². The third-order valence-corrected chi connectivity index (χ3v) is 4.95. The lowest BCUT2D eigenvalue weighted by atomic mass is 10.0. The molecule has 0 spiro atoms. The van der Waals surface area contributed by atoms with Crippen molar-refractivity contribution >= 4 is 11.6 Å². The van der Waals surface area contributed by atoms with Crippen LogP contribution in [0, 0.1) is 0 Å². The van der Waals surface area contributed by atoms with E-state index in [2.05, 4.69) is 9.80 Å². The summed E-state index contributed by atoms with van der Waals surface area (Å²) < 4.78 is 5.29. The van der Waals surface area contributed by atoms with Crippen molar-refractivity contribution in [3.05, 3.63) is 23.8 Å². The van der Waals surface area contributed by atoms with Crippen LogP contribution in [-0.4, -0.2) is 80.3 Å². The van der Waals surface area contributed by atoms with Gasteiger partial charge in [-0.3, -0.25) is 14.6 Å². The maximum absolute atomic E-state index is 12.8. The zero-order valence-corrected chi connectivity index (χ0v) is 14.4. The topological polar surface area (TPSA) is 56.2 Å². The smallest absolute Gasteiger partial charge is 0.241 e. The van der Waals surface area contributed by atoms with Crippen molar-refractivity contribution in [2.75, 3.05) is 64.4 Å². The Labute approximate surface area is 143 Å². The van der Waals surface area contributed by atoms with Gasteiger partial charge in [0, 0.05) is 45.0 Å². The van der Waals surface area contributed by atoms with E-state index < -0.39 is 0 Å². The van der Waals surface area contributed by atoms with E-state index in [1.807, 2.05) is 23.1 Å². The van der Waals surface area contributed by atoms with Crippen LogP contribution in [0.2, 0.25) is 0 Å². The molecule has 1 aromatic rings. The van der Waals surface area contributed by atoms with Gasteiger partial charge < -0.3 is 14.7 Å². The number of benzene rings is 1. The van der Waals surface area contributed by atoms with E-state index in [9.17, 15) is 4.79 Å². The van der Waals surface area contributed by atoms with E-state index in [-0.39, 0.29) is 12.5 Å². The molecule has 0 unspecified atom stereocenters. The van der Waals surface area contributed by atoms with Crippen LogP contribution in [0.15, 0.2) is 18.2 Å². The molecule has 0 radical (unpaired) electrons. The molecule has 24 heavy (non-hydrogen) atoms. The molecule has 0 atom stereocenters. The molecule has 1 fully saturated rings. The first-order valence-corrected chi connectivity index (χ1v) is 8.74. The van der Waals surface area contributed by atoms with Crippen LogP contribution in [0.25, 0.3) is 0 Å². The number of anilines is 1. The second-order valence-electron chi connectivity index (χ2n) is 6.48. The number of hydrogen-bond donors (Lipinski definition) is 1. The monoisotopic (exact) mass is 333 g/mol. The number of rotatable bonds is 5. The molecule has 1 aromatic carbocycles. The summed E-state index contributed by atoms with van der Waals surface area (Å²) in [4.78, 5) is 19.2. The molecule has 1 saturated heterocycles. The number of hydrogen-bond acceptors (Lipinski definition) is 5. The molecular weight excluding hydrogens is 306 g/mol. The summed E-state index contributed by atoms with van der Waals surface area (Å²) in [6.45, 7) is 5.80. The Balaban J connectivity index is 1.61. The van der Waals surface area contributed by atoms with Crippen molar-refractivity contribution in [1.29, 1.82) is 0 Å². The number of aryl methyl sites for hydroxylation is 1. The van der Waals surface area contributed by atoms with Gasteiger partial charge in [0.05, 0.1) is 20.3 Å². The number of aliphatic hydroxyl groups excluding tert-OH is 1. The van der Waals surface area contributed by atoms with Crippen LogP contribution >= 0.6 is 0 Å². The number of ether oxygens (including phenoxy) is 1. The quantitative estimate of drug-likeness (QED) is 0.854. The Morgan fingerprint density at radius 3 is 2.62 bits per heavy atom. The summed E-state index contributed by atoms with van der Waals surface area (Å²) in [6.07, 6.45) is 1.99. The van der Waals surface area contributed by atoms with Gasteiger partial charge in [-0.15, -0.1) is 0 Å². The molecule has 0 bridgehead atoms. The number of methoxy groups -OCH3 is 1. The third kappa shape index (κ3) is 3.88. The highest BCUT2D eigenvalue weighted by atomic mass is 16.5. The largest absolute Gasteiger partial charge is 0.497 e. The zero-order chi connectivity index (χ0) is 16.9. The summed E-state index contributed by atoms with van der Waals surface area (Å²) in [5.41, 5.74) is 2.23. The van der Waals surface area contributed by atoms with E-state index in [4.69, 9.17) is 9.84 Å². The average Bonchev–Trinajstić information content (AvgIpc) is 2.62. The Bertz CT molecular complexity index is 571. The SMILES string of the molecule is COc1ccc2c(c1)CCCN2C(=O)CN1CCN(CCO)CC1. The van der Waals surface area contributed by atoms with Gasteiger partial charge in [0.2, 0.25) is 5.91 Å². The first kappa shape index (κ1) is 17.2. The van der Waals surface area contributed by atoms with E-state index in [0.717, 1.165) is 63.5 Å². The lowest BCUT2D eigenvalue weighted by molar-refractivity contribution is -0.120. The van der Waals surface area contributed by atoms with Crippen molar-refractivity contribution in [3.63, 3.8) is 0 Å². The van der Waals surface area contributed by atoms with Gasteiger partial charge in [0.1, 0.15) is 5.75 Å². The Morgan fingerprint density at radius 1 is 1.17 bits per heavy atom. The Morgan fingerprint density at radius 2 is 1.92 bits per heavy atom. The minimum atomic E-state index is 0.178. The maximum Gasteiger partial charge on any atom is 0.241 e. The fourth-order valence-electron chi connectivity index (χ4n) is 3.55. The number of amides is 1. The summed E-state index contributed by atoms with van der Waals surface area (Å²) in [5.74, 6) is 1.03. The number of β-amino-alcohol motifs (C(OH)–C–C–N with tert-alkyl or cyclic N) is 1. The molecule has 2 aliphatic heterocycles. The van der Waals surface area contributed by atoms with E-state index >= 15 is 0 Å². The summed E-state index contributed by atoms with van der Waals surface area (Å²) in [6, 6.07) is 5.98. The van der Waals surface area contributed by atoms with Crippen molar-refractivity contribution < 1.29 is 14.6 Å². The van der Waals surface area contributed by atoms with Crippen molar-refractivity contribution in [1.82, 2.24) is 9.80 Å². The fraction of sp³-hybridized carbons (Fsp3) is 0.611. The fourth-order valence-corrected chi connectivity index (χ4v) is 3.55. The second-order valence-corrected chi connectivity index (χ2v) is 6.48. The van der Waals surface area contributed by atoms with Crippen LogP contribution in [0.1, 0.15) is 12.0 Å². The lowest BCUT2D eigenvalue weighted by Gasteiger charge is -2.36. The molecule has 0 saturated carbocycles. The van der Waals surface area contributed by atoms with Crippen molar-refractivity contribution in [3.8, 4) is 5.75 Å². The molecule has 1 N–H and O–H groups in total. The van der Waals surface area contributed by atoms with Crippen molar-refractivity contribution in [2.24, 2.45) is 0 Å². The van der Waals surface area contributed by atoms with Gasteiger partial charge in [-0.25, -0.2) is 0 Å². The van der Waals surface area contributed by atoms with E-state index in [1.165, 1.54) is 5.56 Å². The molecular formula is C18H27N3O3. The van der Waals surface area contributed by atoms with Crippen molar-refractivity contribution in [2.45, 2.75) is 12.8 Å². The summed E-state index contributed by atoms with van der Waals surface area (Å²) in [7, 11) is 1.67. The first-order chi connectivity index (χ1) is 11.7. The van der Waals surface area contributed by atoms with Gasteiger partial charge in [-0.05, 0) is 36.6 Å². The Hall–Kier alpha value is -1.63. The van der Waals surface area contributed by atoms with Gasteiger partial charge in [-0.2, -0.15) is 0 Å². The summed E-state index contributed by atoms with van der Waals surface area (Å²) in [5, 5.41) is 9.01. The average molecular weight is 333 g/mol. The minimum Gasteiger partial charge on any atom is -0.497 e. The van der Waals surface area contributed by atoms with E-state index in [0.29, 0.717) is 6.54 Å². The molecule has 6 heteroatoms. The predicted molar refractivity (Wildman–Crippen MR) is 93.6 cm³/mol. The second kappa shape index (κ2) is 7.96. The van der Waals surface area contributed by atoms with Crippen LogP contribution in [0.3, 0.4) is 0 Å². The molecule has 0 aromatic heterocycles. The maximum atomic E-state index is 12.8. The zero-order valence-electron chi connectivity index (χ0n) is 14.4. The number of nitrogens with zero attached hydrogens (tertiary/aromatic N) is 3. The first-order valence-electron chi connectivity index (χ1n) is 8.74. The van der Waals surface area contributed by atoms with Gasteiger partial charge in [-0.1, -0.05) is 0 Å². The molecule has 1 amide bonds. The van der Waals surface area contributed by atoms with Gasteiger partial charge >= 0.3 is 0 Å². The normalized spacial score (nSPS) is 19.2. The molecule has 132 valence electrons. The number of piperazine rings is 1. The van der Waals surface area contributed by atoms with Gasteiger partial charge in [0.15, 0.2) is 0 Å². The molecule has 3 rings (SSSR count). The third-order valence-electron chi connectivity index (χ3n) is 4.95. The molecule has 0 aliphatic carbocycles. The lowest BCUT2D eigenvalue weighted by Crippen LogP contribution is -2.51. The summed E-state index contributed by atoms with van der Waals surface area (Å²) >= 11 is 0. The van der Waals surface area contributed by atoms with E-state index in [1.54, 1.807) is 7.11 Å². The molecule has 2 heterocycles. The highest BCUT2D eigenvalue weighted by molar-refractivity contribution is 5.96. The highest BCUT2D eigenvalue weighted by Crippen LogP contribution is 2.30. The van der Waals surface area contributed by atoms with Crippen LogP contribution in [-0.2, 0) is 11.2 Å². The highest BCUT2D eigenvalue weighted by Gasteiger charge is 2.25. The number of carbonyl (C=O) groups excluding carboxylic acids is 1. The standard InChI is InChI=1S/C18H27N3O3/c1-24-16-4-5-17-15(13-16)3-2-6-21(17)18(23)14-20-9-7-19(8-10-20)11-12-22/h4-5,13,22H,2-3,6-12,14H2,1H3. The number of carbonyl (C=O) groups is 1. The minimum absolute atomic E-state index is 0.178. The van der Waals surface area contributed by atoms with Crippen LogP contribution in [0.5, 0.6) is 5.75 Å². The molecule has 2 aliphatic rings. The molecule has 6 nitrogen and oxygen atoms in total.